The van der Waals surface area contributed by atoms with Gasteiger partial charge in [0.25, 0.3) is 5.91 Å². The Morgan fingerprint density at radius 3 is 2.90 bits per heavy atom. The smallest absolute Gasteiger partial charge is 0.270 e. The fourth-order valence-corrected chi connectivity index (χ4v) is 2.38. The van der Waals surface area contributed by atoms with Crippen LogP contribution in [-0.4, -0.2) is 54.3 Å². The molecule has 0 radical (unpaired) electrons. The third-order valence-electron chi connectivity index (χ3n) is 3.04. The number of hydrogen-bond acceptors (Lipinski definition) is 3. The van der Waals surface area contributed by atoms with Crippen LogP contribution in [0.4, 0.5) is 0 Å². The molecule has 0 spiro atoms. The van der Waals surface area contributed by atoms with Crippen molar-refractivity contribution in [2.45, 2.75) is 0 Å². The quantitative estimate of drug-likeness (QED) is 0.845. The third kappa shape index (κ3) is 3.39. The van der Waals surface area contributed by atoms with Gasteiger partial charge in [-0.15, -0.1) is 0 Å². The lowest BCUT2D eigenvalue weighted by Crippen LogP contribution is -2.36. The monoisotopic (exact) mass is 340 g/mol. The van der Waals surface area contributed by atoms with Crippen molar-refractivity contribution in [2.24, 2.45) is 0 Å². The van der Waals surface area contributed by atoms with Crippen LogP contribution in [0, 0.1) is 0 Å². The van der Waals surface area contributed by atoms with E-state index in [9.17, 15) is 4.79 Å². The minimum Gasteiger partial charge on any atom is -0.395 e. The molecular formula is C14H17BrN2O3. The number of ether oxygens (including phenoxy) is 1. The van der Waals surface area contributed by atoms with Crippen molar-refractivity contribution in [1.29, 1.82) is 0 Å². The summed E-state index contributed by atoms with van der Waals surface area (Å²) >= 11 is 3.40. The lowest BCUT2D eigenvalue weighted by molar-refractivity contribution is 0.0652. The average molecular weight is 341 g/mol. The summed E-state index contributed by atoms with van der Waals surface area (Å²) in [5, 5.41) is 10.0. The van der Waals surface area contributed by atoms with Crippen LogP contribution in [0.15, 0.2) is 28.7 Å². The summed E-state index contributed by atoms with van der Waals surface area (Å²) in [7, 11) is 1.59. The number of carbonyl (C=O) groups is 1. The molecule has 1 aromatic heterocycles. The van der Waals surface area contributed by atoms with E-state index in [0.717, 1.165) is 15.4 Å². The molecule has 2 N–H and O–H groups in total. The number of amides is 1. The van der Waals surface area contributed by atoms with Gasteiger partial charge in [0.15, 0.2) is 0 Å². The van der Waals surface area contributed by atoms with E-state index in [1.807, 2.05) is 24.3 Å². The van der Waals surface area contributed by atoms with Gasteiger partial charge in [-0.3, -0.25) is 4.79 Å². The molecule has 0 aliphatic heterocycles. The van der Waals surface area contributed by atoms with Gasteiger partial charge in [-0.2, -0.15) is 0 Å². The first-order chi connectivity index (χ1) is 9.65. The van der Waals surface area contributed by atoms with E-state index in [-0.39, 0.29) is 12.5 Å². The van der Waals surface area contributed by atoms with Gasteiger partial charge in [-0.1, -0.05) is 22.0 Å². The average Bonchev–Trinajstić information content (AvgIpc) is 2.85. The molecule has 0 saturated carbocycles. The fourth-order valence-electron chi connectivity index (χ4n) is 2.02. The van der Waals surface area contributed by atoms with Crippen LogP contribution in [0.1, 0.15) is 10.5 Å². The molecule has 20 heavy (non-hydrogen) atoms. The predicted molar refractivity (Wildman–Crippen MR) is 80.9 cm³/mol. The number of methoxy groups -OCH3 is 1. The number of H-pyrrole nitrogens is 1. The normalized spacial score (nSPS) is 10.9. The largest absolute Gasteiger partial charge is 0.395 e. The summed E-state index contributed by atoms with van der Waals surface area (Å²) in [5.74, 6) is -0.136. The number of hydrogen-bond donors (Lipinski definition) is 2. The number of aliphatic hydroxyl groups is 1. The standard InChI is InChI=1S/C14H17BrN2O3/c1-20-7-5-17(4-6-18)14(19)13-8-10-2-3-11(15)9-12(10)16-13/h2-3,8-9,16,18H,4-7H2,1H3. The zero-order chi connectivity index (χ0) is 14.5. The number of halogens is 1. The molecular weight excluding hydrogens is 324 g/mol. The van der Waals surface area contributed by atoms with Gasteiger partial charge in [0.1, 0.15) is 5.69 Å². The Labute approximate surface area is 125 Å². The Morgan fingerprint density at radius 2 is 2.20 bits per heavy atom. The number of aromatic nitrogens is 1. The van der Waals surface area contributed by atoms with Crippen molar-refractivity contribution in [3.05, 3.63) is 34.4 Å². The maximum atomic E-state index is 12.4. The van der Waals surface area contributed by atoms with Gasteiger partial charge in [-0.25, -0.2) is 0 Å². The molecule has 6 heteroatoms. The Morgan fingerprint density at radius 1 is 1.40 bits per heavy atom. The highest BCUT2D eigenvalue weighted by Crippen LogP contribution is 2.21. The summed E-state index contributed by atoms with van der Waals surface area (Å²) in [6, 6.07) is 7.62. The van der Waals surface area contributed by atoms with Gasteiger partial charge in [0.2, 0.25) is 0 Å². The zero-order valence-electron chi connectivity index (χ0n) is 11.2. The van der Waals surface area contributed by atoms with Crippen molar-refractivity contribution < 1.29 is 14.6 Å². The molecule has 0 unspecified atom stereocenters. The molecule has 0 fully saturated rings. The Bertz CT molecular complexity index is 597. The Hall–Kier alpha value is -1.37. The highest BCUT2D eigenvalue weighted by atomic mass is 79.9. The van der Waals surface area contributed by atoms with Crippen molar-refractivity contribution >= 4 is 32.7 Å². The first kappa shape index (κ1) is 15.0. The van der Waals surface area contributed by atoms with Crippen molar-refractivity contribution in [2.75, 3.05) is 33.4 Å². The van der Waals surface area contributed by atoms with E-state index in [4.69, 9.17) is 9.84 Å². The van der Waals surface area contributed by atoms with Crippen LogP contribution in [0.3, 0.4) is 0 Å². The third-order valence-corrected chi connectivity index (χ3v) is 3.53. The molecule has 0 atom stereocenters. The predicted octanol–water partition coefficient (Wildman–Crippen LogP) is 2.01. The Balaban J connectivity index is 2.23. The molecule has 2 aromatic rings. The number of benzene rings is 1. The summed E-state index contributed by atoms with van der Waals surface area (Å²) in [6.45, 7) is 1.12. The number of carbonyl (C=O) groups excluding carboxylic acids is 1. The summed E-state index contributed by atoms with van der Waals surface area (Å²) in [4.78, 5) is 17.1. The highest BCUT2D eigenvalue weighted by molar-refractivity contribution is 9.10. The minimum atomic E-state index is -0.136. The summed E-state index contributed by atoms with van der Waals surface area (Å²) in [6.07, 6.45) is 0. The summed E-state index contributed by atoms with van der Waals surface area (Å²) < 4.78 is 5.94. The first-order valence-corrected chi connectivity index (χ1v) is 7.12. The Kier molecular flexibility index (Phi) is 5.17. The van der Waals surface area contributed by atoms with Gasteiger partial charge in [0.05, 0.1) is 13.2 Å². The molecule has 1 heterocycles. The molecule has 108 valence electrons. The van der Waals surface area contributed by atoms with Crippen LogP contribution in [0.5, 0.6) is 0 Å². The maximum Gasteiger partial charge on any atom is 0.270 e. The number of aliphatic hydroxyl groups excluding tert-OH is 1. The zero-order valence-corrected chi connectivity index (χ0v) is 12.8. The van der Waals surface area contributed by atoms with Crippen LogP contribution < -0.4 is 0 Å². The lowest BCUT2D eigenvalue weighted by Gasteiger charge is -2.20. The second kappa shape index (κ2) is 6.88. The fraction of sp³-hybridized carbons (Fsp3) is 0.357. The molecule has 2 rings (SSSR count). The minimum absolute atomic E-state index is 0.0682. The van der Waals surface area contributed by atoms with E-state index in [1.165, 1.54) is 0 Å². The molecule has 0 aliphatic carbocycles. The van der Waals surface area contributed by atoms with E-state index < -0.39 is 0 Å². The number of nitrogens with one attached hydrogen (secondary N) is 1. The van der Waals surface area contributed by atoms with Crippen LogP contribution >= 0.6 is 15.9 Å². The summed E-state index contributed by atoms with van der Waals surface area (Å²) in [5.41, 5.74) is 1.42. The molecule has 1 amide bonds. The van der Waals surface area contributed by atoms with Gasteiger partial charge < -0.3 is 19.7 Å². The molecule has 1 aromatic carbocycles. The van der Waals surface area contributed by atoms with E-state index in [1.54, 1.807) is 12.0 Å². The lowest BCUT2D eigenvalue weighted by atomic mass is 10.2. The van der Waals surface area contributed by atoms with Gasteiger partial charge in [-0.05, 0) is 18.2 Å². The van der Waals surface area contributed by atoms with E-state index in [2.05, 4.69) is 20.9 Å². The topological polar surface area (TPSA) is 65.6 Å². The molecule has 0 aliphatic rings. The molecule has 0 bridgehead atoms. The first-order valence-electron chi connectivity index (χ1n) is 6.33. The van der Waals surface area contributed by atoms with Gasteiger partial charge in [0, 0.05) is 35.6 Å². The van der Waals surface area contributed by atoms with Crippen molar-refractivity contribution in [3.8, 4) is 0 Å². The number of rotatable bonds is 6. The van der Waals surface area contributed by atoms with E-state index in [0.29, 0.717) is 25.4 Å². The molecule has 0 saturated heterocycles. The number of aromatic amines is 1. The SMILES string of the molecule is COCCN(CCO)C(=O)c1cc2ccc(Br)cc2[nH]1. The van der Waals surface area contributed by atoms with Gasteiger partial charge >= 0.3 is 0 Å². The molecule has 5 nitrogen and oxygen atoms in total. The van der Waals surface area contributed by atoms with Crippen molar-refractivity contribution in [3.63, 3.8) is 0 Å². The van der Waals surface area contributed by atoms with Crippen LogP contribution in [-0.2, 0) is 4.74 Å². The van der Waals surface area contributed by atoms with E-state index >= 15 is 0 Å². The number of nitrogens with zero attached hydrogens (tertiary/aromatic N) is 1. The maximum absolute atomic E-state index is 12.4. The van der Waals surface area contributed by atoms with Crippen LogP contribution in [0.2, 0.25) is 0 Å². The van der Waals surface area contributed by atoms with Crippen LogP contribution in [0.25, 0.3) is 10.9 Å². The number of fused-ring (bicyclic) bond motifs is 1. The second-order valence-corrected chi connectivity index (χ2v) is 5.34. The van der Waals surface area contributed by atoms with Crippen molar-refractivity contribution in [1.82, 2.24) is 9.88 Å². The highest BCUT2D eigenvalue weighted by Gasteiger charge is 2.17. The second-order valence-electron chi connectivity index (χ2n) is 4.42.